The summed E-state index contributed by atoms with van der Waals surface area (Å²) in [6, 6.07) is 0. The third-order valence-corrected chi connectivity index (χ3v) is 2.85. The highest BCUT2D eigenvalue weighted by atomic mass is 16.5. The van der Waals surface area contributed by atoms with Gasteiger partial charge in [0.05, 0.1) is 24.5 Å². The molecule has 0 atom stereocenters. The van der Waals surface area contributed by atoms with E-state index in [1.807, 2.05) is 11.5 Å². The Morgan fingerprint density at radius 2 is 2.18 bits per heavy atom. The van der Waals surface area contributed by atoms with E-state index < -0.39 is 0 Å². The molecule has 0 saturated heterocycles. The first kappa shape index (κ1) is 10.4. The number of hydrogen-bond acceptors (Lipinski definition) is 6. The zero-order valence-corrected chi connectivity index (χ0v) is 9.71. The average molecular weight is 235 g/mol. The summed E-state index contributed by atoms with van der Waals surface area (Å²) in [5, 5.41) is 18.5. The summed E-state index contributed by atoms with van der Waals surface area (Å²) in [5.74, 6) is 1.64. The van der Waals surface area contributed by atoms with Crippen molar-refractivity contribution in [2.24, 2.45) is 0 Å². The van der Waals surface area contributed by atoms with Crippen LogP contribution in [0.1, 0.15) is 24.2 Å². The van der Waals surface area contributed by atoms with Crippen LogP contribution in [0.3, 0.4) is 0 Å². The quantitative estimate of drug-likeness (QED) is 0.835. The van der Waals surface area contributed by atoms with Gasteiger partial charge < -0.3 is 14.2 Å². The normalized spacial score (nSPS) is 15.5. The van der Waals surface area contributed by atoms with Crippen molar-refractivity contribution in [2.75, 3.05) is 0 Å². The summed E-state index contributed by atoms with van der Waals surface area (Å²) in [4.78, 5) is 4.46. The molecule has 3 heterocycles. The summed E-state index contributed by atoms with van der Waals surface area (Å²) in [5.41, 5.74) is 1.89. The summed E-state index contributed by atoms with van der Waals surface area (Å²) >= 11 is 0. The van der Waals surface area contributed by atoms with Crippen LogP contribution in [0.2, 0.25) is 0 Å². The lowest BCUT2D eigenvalue weighted by atomic mass is 10.4. The summed E-state index contributed by atoms with van der Waals surface area (Å²) in [7, 11) is 0. The van der Waals surface area contributed by atoms with Gasteiger partial charge >= 0.3 is 0 Å². The predicted octanol–water partition coefficient (Wildman–Crippen LogP) is 0.966. The molecule has 0 spiro atoms. The molecule has 90 valence electrons. The molecule has 0 radical (unpaired) electrons. The minimum atomic E-state index is 0.434. The fourth-order valence-electron chi connectivity index (χ4n) is 2.13. The van der Waals surface area contributed by atoms with E-state index >= 15 is 0 Å². The molecule has 2 aromatic rings. The number of hydrogen-bond donors (Lipinski definition) is 1. The minimum absolute atomic E-state index is 0.434. The number of aryl methyl sites for hydroxylation is 1. The Morgan fingerprint density at radius 3 is 2.82 bits per heavy atom. The van der Waals surface area contributed by atoms with Gasteiger partial charge in [0, 0.05) is 13.5 Å². The zero-order valence-electron chi connectivity index (χ0n) is 9.71. The van der Waals surface area contributed by atoms with E-state index in [-0.39, 0.29) is 0 Å². The Kier molecular flexibility index (Phi) is 2.23. The van der Waals surface area contributed by atoms with Gasteiger partial charge in [0.25, 0.3) is 5.89 Å². The Labute approximate surface area is 97.7 Å². The molecule has 17 heavy (non-hydrogen) atoms. The van der Waals surface area contributed by atoms with Crippen molar-refractivity contribution in [1.29, 1.82) is 0 Å². The second kappa shape index (κ2) is 3.64. The summed E-state index contributed by atoms with van der Waals surface area (Å²) < 4.78 is 7.39. The molecule has 2 aromatic heterocycles. The van der Waals surface area contributed by atoms with Crippen molar-refractivity contribution in [3.8, 4) is 11.7 Å². The first-order valence-corrected chi connectivity index (χ1v) is 5.51. The molecule has 7 heteroatoms. The van der Waals surface area contributed by atoms with Crippen LogP contribution < -0.4 is 0 Å². The Balaban J connectivity index is 2.10. The third kappa shape index (κ3) is 1.55. The van der Waals surface area contributed by atoms with Crippen molar-refractivity contribution in [3.05, 3.63) is 17.3 Å². The van der Waals surface area contributed by atoms with Gasteiger partial charge in [-0.1, -0.05) is 0 Å². The maximum absolute atomic E-state index is 9.45. The van der Waals surface area contributed by atoms with Crippen LogP contribution in [0.15, 0.2) is 4.42 Å². The largest absolute Gasteiger partial charge is 0.419 e. The van der Waals surface area contributed by atoms with E-state index in [9.17, 15) is 5.21 Å². The molecule has 0 amide bonds. The van der Waals surface area contributed by atoms with Gasteiger partial charge in [-0.05, 0) is 6.92 Å². The van der Waals surface area contributed by atoms with E-state index in [1.54, 1.807) is 6.92 Å². The average Bonchev–Trinajstić information content (AvgIpc) is 2.91. The van der Waals surface area contributed by atoms with Crippen LogP contribution in [-0.4, -0.2) is 30.0 Å². The molecule has 1 N–H and O–H groups in total. The Bertz CT molecular complexity index is 559. The fourth-order valence-corrected chi connectivity index (χ4v) is 2.13. The molecule has 0 saturated carbocycles. The van der Waals surface area contributed by atoms with Gasteiger partial charge in [-0.15, -0.1) is 10.2 Å². The topological polar surface area (TPSA) is 80.2 Å². The molecular weight excluding hydrogens is 222 g/mol. The lowest BCUT2D eigenvalue weighted by Crippen LogP contribution is -2.13. The van der Waals surface area contributed by atoms with Crippen molar-refractivity contribution in [2.45, 2.75) is 33.5 Å². The van der Waals surface area contributed by atoms with Gasteiger partial charge in [0.15, 0.2) is 5.82 Å². The number of nitrogens with zero attached hydrogens (tertiary/aromatic N) is 5. The van der Waals surface area contributed by atoms with Crippen LogP contribution in [-0.2, 0) is 19.6 Å². The number of fused-ring (bicyclic) bond motifs is 1. The van der Waals surface area contributed by atoms with Gasteiger partial charge in [-0.25, -0.2) is 4.98 Å². The monoisotopic (exact) mass is 235 g/mol. The molecule has 3 rings (SSSR count). The predicted molar refractivity (Wildman–Crippen MR) is 57.0 cm³/mol. The van der Waals surface area contributed by atoms with Crippen LogP contribution in [0.25, 0.3) is 11.7 Å². The van der Waals surface area contributed by atoms with E-state index in [0.29, 0.717) is 30.7 Å². The summed E-state index contributed by atoms with van der Waals surface area (Å²) in [6.07, 6.45) is 0. The van der Waals surface area contributed by atoms with Crippen molar-refractivity contribution < 1.29 is 9.62 Å². The highest BCUT2D eigenvalue weighted by Crippen LogP contribution is 2.27. The second-order valence-corrected chi connectivity index (χ2v) is 4.02. The molecule has 0 aromatic carbocycles. The lowest BCUT2D eigenvalue weighted by Gasteiger charge is -2.08. The van der Waals surface area contributed by atoms with Crippen molar-refractivity contribution in [3.63, 3.8) is 0 Å². The Hall–Kier alpha value is -1.73. The minimum Gasteiger partial charge on any atom is -0.419 e. The van der Waals surface area contributed by atoms with Gasteiger partial charge in [-0.3, -0.25) is 0 Å². The standard InChI is InChI=1S/C10H13N5O2/c1-3-15-8-5-14(16)4-7(8)11-9(15)10-13-12-6(2)17-10/h16H,3-5H2,1-2H3. The highest BCUT2D eigenvalue weighted by molar-refractivity contribution is 5.44. The number of aromatic nitrogens is 4. The van der Waals surface area contributed by atoms with E-state index in [2.05, 4.69) is 15.2 Å². The maximum atomic E-state index is 9.45. The Morgan fingerprint density at radius 1 is 1.35 bits per heavy atom. The molecular formula is C10H13N5O2. The van der Waals surface area contributed by atoms with E-state index in [4.69, 9.17) is 4.42 Å². The van der Waals surface area contributed by atoms with Crippen molar-refractivity contribution >= 4 is 0 Å². The molecule has 1 aliphatic rings. The smallest absolute Gasteiger partial charge is 0.283 e. The van der Waals surface area contributed by atoms with Gasteiger partial charge in [0.1, 0.15) is 0 Å². The van der Waals surface area contributed by atoms with E-state index in [1.165, 1.54) is 5.06 Å². The first-order valence-electron chi connectivity index (χ1n) is 5.51. The van der Waals surface area contributed by atoms with Crippen molar-refractivity contribution in [1.82, 2.24) is 24.8 Å². The van der Waals surface area contributed by atoms with E-state index in [0.717, 1.165) is 17.9 Å². The molecule has 7 nitrogen and oxygen atoms in total. The SMILES string of the molecule is CCn1c(-c2nnc(C)o2)nc2c1CN(O)C2. The van der Waals surface area contributed by atoms with Crippen LogP contribution >= 0.6 is 0 Å². The molecule has 0 bridgehead atoms. The number of imidazole rings is 1. The lowest BCUT2D eigenvalue weighted by molar-refractivity contribution is -0.0985. The van der Waals surface area contributed by atoms with Gasteiger partial charge in [0.2, 0.25) is 5.89 Å². The molecule has 0 unspecified atom stereocenters. The number of hydroxylamine groups is 2. The third-order valence-electron chi connectivity index (χ3n) is 2.85. The second-order valence-electron chi connectivity index (χ2n) is 4.02. The van der Waals surface area contributed by atoms with Gasteiger partial charge in [-0.2, -0.15) is 5.06 Å². The highest BCUT2D eigenvalue weighted by Gasteiger charge is 2.27. The molecule has 0 fully saturated rings. The fraction of sp³-hybridized carbons (Fsp3) is 0.500. The maximum Gasteiger partial charge on any atom is 0.283 e. The summed E-state index contributed by atoms with van der Waals surface area (Å²) in [6.45, 7) is 5.46. The number of rotatable bonds is 2. The molecule has 1 aliphatic heterocycles. The van der Waals surface area contributed by atoms with Crippen LogP contribution in [0.5, 0.6) is 0 Å². The first-order chi connectivity index (χ1) is 8.19. The zero-order chi connectivity index (χ0) is 12.0. The molecule has 0 aliphatic carbocycles. The van der Waals surface area contributed by atoms with Crippen LogP contribution in [0.4, 0.5) is 0 Å². The van der Waals surface area contributed by atoms with Crippen LogP contribution in [0, 0.1) is 6.92 Å².